The van der Waals surface area contributed by atoms with Crippen LogP contribution in [0.25, 0.3) is 11.1 Å². The number of aromatic nitrogens is 1. The highest BCUT2D eigenvalue weighted by Gasteiger charge is 2.36. The number of hydrogen-bond donors (Lipinski definition) is 2. The zero-order chi connectivity index (χ0) is 37.0. The number of carboxylic acids is 1. The second-order valence-electron chi connectivity index (χ2n) is 13.0. The van der Waals surface area contributed by atoms with Gasteiger partial charge in [0.05, 0.1) is 23.6 Å². The first-order valence-electron chi connectivity index (χ1n) is 15.8. The van der Waals surface area contributed by atoms with Crippen LogP contribution in [-0.4, -0.2) is 47.1 Å². The van der Waals surface area contributed by atoms with E-state index in [1.807, 2.05) is 19.1 Å². The molecule has 1 heterocycles. The van der Waals surface area contributed by atoms with Gasteiger partial charge in [-0.2, -0.15) is 13.2 Å². The Labute approximate surface area is 283 Å². The van der Waals surface area contributed by atoms with Crippen molar-refractivity contribution >= 4 is 11.9 Å². The SMILES string of the molecule is CC#Cc1cc(-c2c(C)cc(C)cc2C)c(F)c(C(CC(=O)O)NC(=O)C(CC(C)C)n2cc(CCN(C)C)c(C(F)(F)F)cc2=O)c1F. The molecule has 2 atom stereocenters. The molecular formula is C37H42F5N3O4. The Bertz CT molecular complexity index is 1830. The fourth-order valence-electron chi connectivity index (χ4n) is 6.08. The number of alkyl halides is 3. The summed E-state index contributed by atoms with van der Waals surface area (Å²) in [6, 6.07) is 2.10. The number of nitrogens with one attached hydrogen (secondary N) is 1. The first kappa shape index (κ1) is 38.9. The van der Waals surface area contributed by atoms with Gasteiger partial charge in [0.2, 0.25) is 5.91 Å². The Kier molecular flexibility index (Phi) is 12.6. The van der Waals surface area contributed by atoms with E-state index in [4.69, 9.17) is 0 Å². The number of carboxylic acid groups (broad SMARTS) is 1. The first-order chi connectivity index (χ1) is 22.8. The average molecular weight is 688 g/mol. The lowest BCUT2D eigenvalue weighted by molar-refractivity contribution is -0.139. The largest absolute Gasteiger partial charge is 0.481 e. The summed E-state index contributed by atoms with van der Waals surface area (Å²) < 4.78 is 75.5. The van der Waals surface area contributed by atoms with Crippen LogP contribution in [0.1, 0.15) is 84.6 Å². The molecule has 3 aromatic rings. The van der Waals surface area contributed by atoms with Gasteiger partial charge < -0.3 is 19.9 Å². The number of halogens is 5. The molecule has 2 unspecified atom stereocenters. The van der Waals surface area contributed by atoms with Crippen molar-refractivity contribution in [3.63, 3.8) is 0 Å². The summed E-state index contributed by atoms with van der Waals surface area (Å²) in [5.41, 5.74) is -0.760. The van der Waals surface area contributed by atoms with E-state index in [-0.39, 0.29) is 42.0 Å². The molecule has 0 spiro atoms. The summed E-state index contributed by atoms with van der Waals surface area (Å²) in [5.74, 6) is 0.161. The van der Waals surface area contributed by atoms with Crippen LogP contribution in [0.15, 0.2) is 35.3 Å². The maximum Gasteiger partial charge on any atom is 0.416 e. The molecule has 1 aromatic heterocycles. The van der Waals surface area contributed by atoms with Gasteiger partial charge in [0.25, 0.3) is 5.56 Å². The number of aliphatic carboxylic acids is 1. The number of nitrogens with zero attached hydrogens (tertiary/aromatic N) is 2. The van der Waals surface area contributed by atoms with Gasteiger partial charge in [-0.15, -0.1) is 5.92 Å². The number of pyridine rings is 1. The molecule has 3 rings (SSSR count). The van der Waals surface area contributed by atoms with E-state index >= 15 is 8.78 Å². The Morgan fingerprint density at radius 3 is 2.14 bits per heavy atom. The van der Waals surface area contributed by atoms with Crippen LogP contribution < -0.4 is 10.9 Å². The number of hydrogen-bond acceptors (Lipinski definition) is 4. The molecule has 7 nitrogen and oxygen atoms in total. The minimum Gasteiger partial charge on any atom is -0.481 e. The van der Waals surface area contributed by atoms with Crippen molar-refractivity contribution in [3.05, 3.63) is 91.4 Å². The number of aryl methyl sites for hydroxylation is 3. The highest BCUT2D eigenvalue weighted by Crippen LogP contribution is 2.38. The van der Waals surface area contributed by atoms with Crippen molar-refractivity contribution in [1.82, 2.24) is 14.8 Å². The minimum atomic E-state index is -4.84. The lowest BCUT2D eigenvalue weighted by Gasteiger charge is -2.27. The molecule has 12 heteroatoms. The van der Waals surface area contributed by atoms with Crippen molar-refractivity contribution < 1.29 is 36.6 Å². The maximum atomic E-state index is 16.6. The third-order valence-corrected chi connectivity index (χ3v) is 8.11. The molecule has 264 valence electrons. The van der Waals surface area contributed by atoms with Crippen molar-refractivity contribution in [2.75, 3.05) is 20.6 Å². The van der Waals surface area contributed by atoms with E-state index in [0.29, 0.717) is 22.8 Å². The predicted molar refractivity (Wildman–Crippen MR) is 178 cm³/mol. The lowest BCUT2D eigenvalue weighted by atomic mass is 9.88. The number of likely N-dealkylation sites (N-methyl/N-ethyl adjacent to an activating group) is 1. The number of benzene rings is 2. The standard InChI is InChI=1S/C37H42F5N3O4/c1-9-10-24-16-26(32-22(5)14-21(4)15-23(32)6)35(39)33(34(24)38)28(18-31(47)48)43-36(49)29(13-20(2)3)45-19-25(11-12-44(7)8)27(17-30(45)46)37(40,41)42/h14-17,19-20,28-29H,11-13,18H2,1-8H3,(H,43,49)(H,47,48). The van der Waals surface area contributed by atoms with E-state index in [0.717, 1.165) is 16.3 Å². The molecular weight excluding hydrogens is 645 g/mol. The first-order valence-corrected chi connectivity index (χ1v) is 15.8. The van der Waals surface area contributed by atoms with Gasteiger partial charge in [-0.1, -0.05) is 37.5 Å². The van der Waals surface area contributed by atoms with Crippen molar-refractivity contribution in [1.29, 1.82) is 0 Å². The molecule has 0 saturated heterocycles. The summed E-state index contributed by atoms with van der Waals surface area (Å²) in [7, 11) is 3.35. The highest BCUT2D eigenvalue weighted by atomic mass is 19.4. The summed E-state index contributed by atoms with van der Waals surface area (Å²) in [6.07, 6.45) is -4.94. The van der Waals surface area contributed by atoms with Gasteiger partial charge in [0, 0.05) is 29.9 Å². The zero-order valence-corrected chi connectivity index (χ0v) is 28.9. The van der Waals surface area contributed by atoms with Crippen LogP contribution in [0.5, 0.6) is 0 Å². The number of carbonyl (C=O) groups excluding carboxylic acids is 1. The molecule has 0 aliphatic rings. The summed E-state index contributed by atoms with van der Waals surface area (Å²) >= 11 is 0. The van der Waals surface area contributed by atoms with Crippen molar-refractivity contribution in [2.24, 2.45) is 5.92 Å². The second-order valence-corrected chi connectivity index (χ2v) is 13.0. The summed E-state index contributed by atoms with van der Waals surface area (Å²) in [5, 5.41) is 12.3. The topological polar surface area (TPSA) is 91.6 Å². The fourth-order valence-corrected chi connectivity index (χ4v) is 6.08. The number of carbonyl (C=O) groups is 2. The minimum absolute atomic E-state index is 0.0444. The predicted octanol–water partition coefficient (Wildman–Crippen LogP) is 7.13. The smallest absolute Gasteiger partial charge is 0.416 e. The lowest BCUT2D eigenvalue weighted by Crippen LogP contribution is -2.41. The third-order valence-electron chi connectivity index (χ3n) is 8.11. The van der Waals surface area contributed by atoms with Crippen LogP contribution in [0.3, 0.4) is 0 Å². The zero-order valence-electron chi connectivity index (χ0n) is 28.9. The van der Waals surface area contributed by atoms with Crippen LogP contribution in [0.2, 0.25) is 0 Å². The van der Waals surface area contributed by atoms with Crippen molar-refractivity contribution in [2.45, 2.75) is 79.1 Å². The van der Waals surface area contributed by atoms with Gasteiger partial charge in [-0.05, 0) is 88.9 Å². The Morgan fingerprint density at radius 2 is 1.63 bits per heavy atom. The summed E-state index contributed by atoms with van der Waals surface area (Å²) in [6.45, 7) is 10.5. The quantitative estimate of drug-likeness (QED) is 0.156. The van der Waals surface area contributed by atoms with E-state index in [2.05, 4.69) is 17.2 Å². The third kappa shape index (κ3) is 9.35. The van der Waals surface area contributed by atoms with E-state index in [9.17, 15) is 32.7 Å². The van der Waals surface area contributed by atoms with Crippen molar-refractivity contribution in [3.8, 4) is 23.0 Å². The molecule has 0 fully saturated rings. The molecule has 2 aromatic carbocycles. The number of rotatable bonds is 12. The Hall–Kier alpha value is -4.50. The van der Waals surface area contributed by atoms with Gasteiger partial charge in [0.1, 0.15) is 17.7 Å². The van der Waals surface area contributed by atoms with Crippen LogP contribution in [-0.2, 0) is 22.2 Å². The molecule has 2 N–H and O–H groups in total. The average Bonchev–Trinajstić information content (AvgIpc) is 2.96. The Balaban J connectivity index is 2.26. The van der Waals surface area contributed by atoms with Crippen LogP contribution in [0.4, 0.5) is 22.0 Å². The van der Waals surface area contributed by atoms with Gasteiger partial charge in [-0.25, -0.2) is 8.78 Å². The monoisotopic (exact) mass is 687 g/mol. The molecule has 1 amide bonds. The number of amides is 1. The molecule has 0 aliphatic carbocycles. The van der Waals surface area contributed by atoms with Crippen LogP contribution >= 0.6 is 0 Å². The molecule has 0 bridgehead atoms. The van der Waals surface area contributed by atoms with Gasteiger partial charge >= 0.3 is 12.1 Å². The Morgan fingerprint density at radius 1 is 1.02 bits per heavy atom. The van der Waals surface area contributed by atoms with Crippen LogP contribution in [0, 0.1) is 50.2 Å². The highest BCUT2D eigenvalue weighted by molar-refractivity contribution is 5.82. The summed E-state index contributed by atoms with van der Waals surface area (Å²) in [4.78, 5) is 41.0. The van der Waals surface area contributed by atoms with E-state index in [1.54, 1.807) is 46.7 Å². The normalized spacial score (nSPS) is 12.9. The van der Waals surface area contributed by atoms with Gasteiger partial charge in [-0.3, -0.25) is 14.4 Å². The molecule has 0 radical (unpaired) electrons. The van der Waals surface area contributed by atoms with Gasteiger partial charge in [0.15, 0.2) is 0 Å². The molecule has 49 heavy (non-hydrogen) atoms. The maximum absolute atomic E-state index is 16.6. The fraction of sp³-hybridized carbons (Fsp3) is 0.432. The van der Waals surface area contributed by atoms with E-state index in [1.165, 1.54) is 13.0 Å². The van der Waals surface area contributed by atoms with E-state index < -0.39 is 64.9 Å². The molecule has 0 aliphatic heterocycles. The second kappa shape index (κ2) is 15.8. The molecule has 0 saturated carbocycles.